The van der Waals surface area contributed by atoms with E-state index in [9.17, 15) is 0 Å². The van der Waals surface area contributed by atoms with Crippen LogP contribution in [0.5, 0.6) is 5.75 Å². The first-order chi connectivity index (χ1) is 16.1. The van der Waals surface area contributed by atoms with Crippen LogP contribution >= 0.6 is 11.6 Å². The smallest absolute Gasteiger partial charge is 0.164 e. The van der Waals surface area contributed by atoms with Gasteiger partial charge in [-0.05, 0) is 78.4 Å². The Hall–Kier alpha value is -3.63. The van der Waals surface area contributed by atoms with Crippen LogP contribution in [-0.4, -0.2) is 21.9 Å². The molecular formula is C28H22ClN3O. The number of pyridine rings is 1. The van der Waals surface area contributed by atoms with Gasteiger partial charge >= 0.3 is 0 Å². The van der Waals surface area contributed by atoms with Gasteiger partial charge in [0.15, 0.2) is 5.65 Å². The standard InChI is InChI=1S/C28H22ClN3O/c1-17-25-26(19-7-14-22(33-2)15-8-19)24-16-9-18-5-3-4-6-23(18)27(24)30-28(25)32(31-17)21-12-10-20(29)11-13-21/h3-8,10-15H,9,16H2,1-2H3. The molecule has 0 amide bonds. The lowest BCUT2D eigenvalue weighted by molar-refractivity contribution is 0.415. The van der Waals surface area contributed by atoms with Gasteiger partial charge in [0, 0.05) is 10.6 Å². The van der Waals surface area contributed by atoms with E-state index in [0.29, 0.717) is 5.02 Å². The zero-order chi connectivity index (χ0) is 22.5. The summed E-state index contributed by atoms with van der Waals surface area (Å²) in [7, 11) is 1.69. The Morgan fingerprint density at radius 3 is 2.42 bits per heavy atom. The number of fused-ring (bicyclic) bond motifs is 4. The van der Waals surface area contributed by atoms with Crippen molar-refractivity contribution in [1.82, 2.24) is 14.8 Å². The molecule has 162 valence electrons. The number of rotatable bonds is 3. The predicted molar refractivity (Wildman–Crippen MR) is 133 cm³/mol. The van der Waals surface area contributed by atoms with Gasteiger partial charge < -0.3 is 4.74 Å². The van der Waals surface area contributed by atoms with E-state index in [1.165, 1.54) is 22.3 Å². The van der Waals surface area contributed by atoms with Crippen molar-refractivity contribution in [1.29, 1.82) is 0 Å². The molecule has 0 aliphatic heterocycles. The molecular weight excluding hydrogens is 430 g/mol. The first kappa shape index (κ1) is 20.0. The van der Waals surface area contributed by atoms with Crippen LogP contribution in [0.3, 0.4) is 0 Å². The van der Waals surface area contributed by atoms with Crippen molar-refractivity contribution in [2.24, 2.45) is 0 Å². The highest BCUT2D eigenvalue weighted by molar-refractivity contribution is 6.30. The zero-order valence-corrected chi connectivity index (χ0v) is 19.2. The van der Waals surface area contributed by atoms with Crippen molar-refractivity contribution < 1.29 is 4.74 Å². The van der Waals surface area contributed by atoms with E-state index in [0.717, 1.165) is 52.3 Å². The van der Waals surface area contributed by atoms with Gasteiger partial charge in [-0.2, -0.15) is 5.10 Å². The molecule has 0 saturated carbocycles. The lowest BCUT2D eigenvalue weighted by atomic mass is 9.83. The third-order valence-electron chi connectivity index (χ3n) is 6.46. The van der Waals surface area contributed by atoms with Gasteiger partial charge in [0.2, 0.25) is 0 Å². The summed E-state index contributed by atoms with van der Waals surface area (Å²) in [5, 5.41) is 6.71. The molecule has 5 aromatic rings. The molecule has 0 fully saturated rings. The number of ether oxygens (including phenoxy) is 1. The second-order valence-corrected chi connectivity index (χ2v) is 8.81. The molecule has 0 N–H and O–H groups in total. The second-order valence-electron chi connectivity index (χ2n) is 8.37. The zero-order valence-electron chi connectivity index (χ0n) is 18.5. The summed E-state index contributed by atoms with van der Waals surface area (Å²) in [5.41, 5.74) is 9.99. The first-order valence-electron chi connectivity index (χ1n) is 11.0. The number of benzene rings is 3. The van der Waals surface area contributed by atoms with Crippen molar-refractivity contribution >= 4 is 22.6 Å². The Kier molecular flexibility index (Phi) is 4.70. The van der Waals surface area contributed by atoms with Crippen LogP contribution in [0.15, 0.2) is 72.8 Å². The number of halogens is 1. The summed E-state index contributed by atoms with van der Waals surface area (Å²) in [4.78, 5) is 5.24. The fraction of sp³-hybridized carbons (Fsp3) is 0.143. The summed E-state index contributed by atoms with van der Waals surface area (Å²) in [5.74, 6) is 0.844. The first-order valence-corrected chi connectivity index (χ1v) is 11.4. The number of aromatic nitrogens is 3. The molecule has 3 aromatic carbocycles. The summed E-state index contributed by atoms with van der Waals surface area (Å²) >= 11 is 6.15. The topological polar surface area (TPSA) is 39.9 Å². The molecule has 1 aliphatic rings. The van der Waals surface area contributed by atoms with E-state index in [4.69, 9.17) is 26.4 Å². The Morgan fingerprint density at radius 2 is 1.67 bits per heavy atom. The minimum atomic E-state index is 0.699. The van der Waals surface area contributed by atoms with E-state index in [1.807, 2.05) is 41.1 Å². The normalized spacial score (nSPS) is 12.5. The number of methoxy groups -OCH3 is 1. The van der Waals surface area contributed by atoms with Gasteiger partial charge in [0.05, 0.1) is 29.6 Å². The van der Waals surface area contributed by atoms with Crippen LogP contribution in [-0.2, 0) is 12.8 Å². The highest BCUT2D eigenvalue weighted by Gasteiger charge is 2.26. The molecule has 4 nitrogen and oxygen atoms in total. The average Bonchev–Trinajstić information content (AvgIpc) is 3.19. The van der Waals surface area contributed by atoms with Crippen LogP contribution in [0.4, 0.5) is 0 Å². The minimum Gasteiger partial charge on any atom is -0.497 e. The van der Waals surface area contributed by atoms with Gasteiger partial charge in [0.25, 0.3) is 0 Å². The Balaban J connectivity index is 1.71. The van der Waals surface area contributed by atoms with Gasteiger partial charge in [-0.3, -0.25) is 0 Å². The highest BCUT2D eigenvalue weighted by atomic mass is 35.5. The molecule has 5 heteroatoms. The SMILES string of the molecule is COc1ccc(-c2c3c(nc4c2c(C)nn4-c2ccc(Cl)cc2)-c2ccccc2CC3)cc1. The number of hydrogen-bond acceptors (Lipinski definition) is 3. The van der Waals surface area contributed by atoms with Gasteiger partial charge in [0.1, 0.15) is 5.75 Å². The molecule has 2 aromatic heterocycles. The molecule has 1 aliphatic carbocycles. The largest absolute Gasteiger partial charge is 0.497 e. The Bertz CT molecular complexity index is 1500. The van der Waals surface area contributed by atoms with E-state index < -0.39 is 0 Å². The van der Waals surface area contributed by atoms with Crippen LogP contribution in [0, 0.1) is 6.92 Å². The fourth-order valence-electron chi connectivity index (χ4n) is 4.89. The lowest BCUT2D eigenvalue weighted by Crippen LogP contribution is -2.09. The van der Waals surface area contributed by atoms with Crippen molar-refractivity contribution in [3.05, 3.63) is 94.6 Å². The molecule has 2 heterocycles. The average molecular weight is 452 g/mol. The summed E-state index contributed by atoms with van der Waals surface area (Å²) in [6.45, 7) is 2.06. The second kappa shape index (κ2) is 7.75. The fourth-order valence-corrected chi connectivity index (χ4v) is 5.01. The molecule has 6 rings (SSSR count). The quantitative estimate of drug-likeness (QED) is 0.302. The molecule has 0 saturated heterocycles. The van der Waals surface area contributed by atoms with Gasteiger partial charge in [-0.1, -0.05) is 48.0 Å². The van der Waals surface area contributed by atoms with Crippen molar-refractivity contribution in [3.8, 4) is 33.8 Å². The van der Waals surface area contributed by atoms with E-state index >= 15 is 0 Å². The number of hydrogen-bond donors (Lipinski definition) is 0. The molecule has 0 unspecified atom stereocenters. The predicted octanol–water partition coefficient (Wildman–Crippen LogP) is 6.82. The maximum atomic E-state index is 6.15. The third kappa shape index (κ3) is 3.21. The third-order valence-corrected chi connectivity index (χ3v) is 6.71. The minimum absolute atomic E-state index is 0.699. The van der Waals surface area contributed by atoms with Gasteiger partial charge in [-0.15, -0.1) is 0 Å². The number of aryl methyl sites for hydroxylation is 2. The maximum Gasteiger partial charge on any atom is 0.164 e. The van der Waals surface area contributed by atoms with E-state index in [1.54, 1.807) is 7.11 Å². The van der Waals surface area contributed by atoms with Crippen LogP contribution in [0.25, 0.3) is 39.1 Å². The van der Waals surface area contributed by atoms with Crippen LogP contribution < -0.4 is 4.74 Å². The van der Waals surface area contributed by atoms with Crippen LogP contribution in [0.2, 0.25) is 5.02 Å². The monoisotopic (exact) mass is 451 g/mol. The Labute approximate surface area is 197 Å². The van der Waals surface area contributed by atoms with Crippen molar-refractivity contribution in [2.75, 3.05) is 7.11 Å². The lowest BCUT2D eigenvalue weighted by Gasteiger charge is -2.23. The van der Waals surface area contributed by atoms with E-state index in [-0.39, 0.29) is 0 Å². The van der Waals surface area contributed by atoms with Gasteiger partial charge in [-0.25, -0.2) is 9.67 Å². The summed E-state index contributed by atoms with van der Waals surface area (Å²) < 4.78 is 7.34. The summed E-state index contributed by atoms with van der Waals surface area (Å²) in [6, 6.07) is 24.6. The van der Waals surface area contributed by atoms with E-state index in [2.05, 4.69) is 43.3 Å². The molecule has 33 heavy (non-hydrogen) atoms. The number of nitrogens with zero attached hydrogens (tertiary/aromatic N) is 3. The summed E-state index contributed by atoms with van der Waals surface area (Å²) in [6.07, 6.45) is 1.95. The van der Waals surface area contributed by atoms with Crippen molar-refractivity contribution in [2.45, 2.75) is 19.8 Å². The van der Waals surface area contributed by atoms with Crippen LogP contribution in [0.1, 0.15) is 16.8 Å². The van der Waals surface area contributed by atoms with Crippen molar-refractivity contribution in [3.63, 3.8) is 0 Å². The molecule has 0 atom stereocenters. The molecule has 0 radical (unpaired) electrons. The molecule has 0 bridgehead atoms. The maximum absolute atomic E-state index is 6.15. The molecule has 0 spiro atoms. The highest BCUT2D eigenvalue weighted by Crippen LogP contribution is 2.43. The Morgan fingerprint density at radius 1 is 0.909 bits per heavy atom.